The fraction of sp³-hybridized carbons (Fsp3) is 0.810. The van der Waals surface area contributed by atoms with E-state index in [1.54, 1.807) is 0 Å². The van der Waals surface area contributed by atoms with Crippen LogP contribution in [-0.4, -0.2) is 29.4 Å². The zero-order valence-corrected chi connectivity index (χ0v) is 15.3. The molecule has 3 nitrogen and oxygen atoms in total. The van der Waals surface area contributed by atoms with E-state index in [0.29, 0.717) is 18.8 Å². The number of alkyl halides is 1. The maximum atomic E-state index is 14.4. The van der Waals surface area contributed by atoms with Crippen molar-refractivity contribution in [3.8, 4) is 0 Å². The predicted octanol–water partition coefficient (Wildman–Crippen LogP) is 3.66. The number of rotatable bonds is 0. The molecule has 2 unspecified atom stereocenters. The minimum atomic E-state index is -1.31. The lowest BCUT2D eigenvalue weighted by Crippen LogP contribution is -2.61. The quantitative estimate of drug-likeness (QED) is 0.497. The van der Waals surface area contributed by atoms with Gasteiger partial charge in [-0.05, 0) is 54.9 Å². The molecule has 25 heavy (non-hydrogen) atoms. The van der Waals surface area contributed by atoms with Crippen molar-refractivity contribution in [1.29, 1.82) is 0 Å². The van der Waals surface area contributed by atoms with Crippen molar-refractivity contribution >= 4 is 11.6 Å². The maximum Gasteiger partial charge on any atom is 0.173 e. The Bertz CT molecular complexity index is 716. The molecule has 1 aliphatic heterocycles. The van der Waals surface area contributed by atoms with Crippen molar-refractivity contribution in [2.24, 2.45) is 34.5 Å². The van der Waals surface area contributed by atoms with Crippen LogP contribution in [0.1, 0.15) is 52.9 Å². The van der Waals surface area contributed by atoms with Gasteiger partial charge in [0.15, 0.2) is 23.8 Å². The Labute approximate surface area is 148 Å². The van der Waals surface area contributed by atoms with E-state index in [1.165, 1.54) is 0 Å². The Morgan fingerprint density at radius 2 is 1.92 bits per heavy atom. The van der Waals surface area contributed by atoms with Crippen LogP contribution < -0.4 is 0 Å². The first kappa shape index (κ1) is 16.2. The second-order valence-electron chi connectivity index (χ2n) is 9.75. The van der Waals surface area contributed by atoms with Crippen LogP contribution in [0.5, 0.6) is 0 Å². The number of fused-ring (bicyclic) bond motifs is 4. The van der Waals surface area contributed by atoms with Gasteiger partial charge in [-0.15, -0.1) is 0 Å². The number of halogens is 1. The number of Topliss-reactive ketones (excluding diaryl/α,β-unsaturated/α-hetero) is 2. The Kier molecular flexibility index (Phi) is 2.87. The summed E-state index contributed by atoms with van der Waals surface area (Å²) in [5.74, 6) is 0.927. The first-order valence-corrected chi connectivity index (χ1v) is 9.76. The monoisotopic (exact) mass is 346 g/mol. The van der Waals surface area contributed by atoms with Gasteiger partial charge in [0.05, 0.1) is 0 Å². The molecule has 0 radical (unpaired) electrons. The van der Waals surface area contributed by atoms with Gasteiger partial charge in [0.1, 0.15) is 5.60 Å². The van der Waals surface area contributed by atoms with Crippen molar-refractivity contribution in [3.63, 3.8) is 0 Å². The van der Waals surface area contributed by atoms with E-state index in [2.05, 4.69) is 20.4 Å². The third-order valence-corrected chi connectivity index (χ3v) is 9.10. The summed E-state index contributed by atoms with van der Waals surface area (Å²) >= 11 is 0. The van der Waals surface area contributed by atoms with Crippen LogP contribution in [0.2, 0.25) is 0 Å². The van der Waals surface area contributed by atoms with Crippen molar-refractivity contribution in [2.45, 2.75) is 70.8 Å². The SMILES string of the molecule is C=C1[C@@H](C)[C@H]2[C@@H]3C[C@H](F)C(=O)[C@@]3(C)CC[C@@H]2[C@@]2(C)CCC(=O)C3OC132. The van der Waals surface area contributed by atoms with Crippen molar-refractivity contribution in [3.05, 3.63) is 12.2 Å². The lowest BCUT2D eigenvalue weighted by molar-refractivity contribution is -0.141. The maximum absolute atomic E-state index is 14.4. The van der Waals surface area contributed by atoms with Gasteiger partial charge in [-0.3, -0.25) is 9.59 Å². The molecule has 5 fully saturated rings. The number of carbonyl (C=O) groups excluding carboxylic acids is 2. The Hall–Kier alpha value is -1.03. The van der Waals surface area contributed by atoms with Crippen LogP contribution in [0.25, 0.3) is 0 Å². The minimum Gasteiger partial charge on any atom is -0.352 e. The summed E-state index contributed by atoms with van der Waals surface area (Å²) in [5, 5.41) is 0. The van der Waals surface area contributed by atoms with E-state index in [9.17, 15) is 14.0 Å². The molecule has 5 aliphatic rings. The zero-order chi connectivity index (χ0) is 17.9. The van der Waals surface area contributed by atoms with E-state index >= 15 is 0 Å². The highest BCUT2D eigenvalue weighted by Gasteiger charge is 2.79. The average molecular weight is 346 g/mol. The second kappa shape index (κ2) is 4.44. The first-order chi connectivity index (χ1) is 11.7. The molecule has 1 spiro atoms. The van der Waals surface area contributed by atoms with Crippen LogP contribution in [0.15, 0.2) is 12.2 Å². The molecule has 4 aliphatic carbocycles. The zero-order valence-electron chi connectivity index (χ0n) is 15.3. The molecule has 0 aromatic heterocycles. The Morgan fingerprint density at radius 1 is 1.20 bits per heavy atom. The number of hydrogen-bond donors (Lipinski definition) is 0. The summed E-state index contributed by atoms with van der Waals surface area (Å²) < 4.78 is 20.5. The molecular weight excluding hydrogens is 319 g/mol. The summed E-state index contributed by atoms with van der Waals surface area (Å²) in [6.45, 7) is 10.8. The predicted molar refractivity (Wildman–Crippen MR) is 90.6 cm³/mol. The largest absolute Gasteiger partial charge is 0.352 e. The fourth-order valence-corrected chi connectivity index (χ4v) is 7.61. The van der Waals surface area contributed by atoms with Gasteiger partial charge in [0, 0.05) is 17.3 Å². The van der Waals surface area contributed by atoms with Gasteiger partial charge in [-0.1, -0.05) is 27.4 Å². The summed E-state index contributed by atoms with van der Waals surface area (Å²) in [5.41, 5.74) is -0.106. The smallest absolute Gasteiger partial charge is 0.173 e. The highest BCUT2D eigenvalue weighted by molar-refractivity contribution is 5.92. The highest BCUT2D eigenvalue weighted by atomic mass is 19.1. The van der Waals surface area contributed by atoms with Crippen LogP contribution in [0.3, 0.4) is 0 Å². The van der Waals surface area contributed by atoms with Gasteiger partial charge in [0.25, 0.3) is 0 Å². The highest BCUT2D eigenvalue weighted by Crippen LogP contribution is 2.74. The molecular formula is C21H27FO3. The van der Waals surface area contributed by atoms with E-state index in [-0.39, 0.29) is 40.8 Å². The molecule has 0 aromatic carbocycles. The molecule has 5 rings (SSSR count). The van der Waals surface area contributed by atoms with Gasteiger partial charge in [-0.2, -0.15) is 0 Å². The van der Waals surface area contributed by atoms with E-state index in [0.717, 1.165) is 24.8 Å². The molecule has 136 valence electrons. The Morgan fingerprint density at radius 3 is 2.64 bits per heavy atom. The lowest BCUT2D eigenvalue weighted by Gasteiger charge is -2.61. The number of ketones is 2. The number of epoxide rings is 1. The Balaban J connectivity index is 1.61. The fourth-order valence-electron chi connectivity index (χ4n) is 7.61. The van der Waals surface area contributed by atoms with E-state index < -0.39 is 17.2 Å². The summed E-state index contributed by atoms with van der Waals surface area (Å²) in [6.07, 6.45) is 1.83. The molecule has 0 bridgehead atoms. The van der Waals surface area contributed by atoms with Crippen LogP contribution in [0, 0.1) is 34.5 Å². The van der Waals surface area contributed by atoms with Crippen LogP contribution in [-0.2, 0) is 14.3 Å². The molecule has 0 N–H and O–H groups in total. The molecule has 1 saturated heterocycles. The second-order valence-corrected chi connectivity index (χ2v) is 9.75. The standard InChI is InChI=1S/C21H27FO3/c1-10-11(2)21-18(25-21)15(23)6-8-20(21,4)12-5-7-19(3)13(16(10)12)9-14(22)17(19)24/h10,12-14,16,18H,2,5-9H2,1,3-4H3/t10-,12+,13+,14+,16-,18?,19+,20-,21?/m1/s1. The lowest BCUT2D eigenvalue weighted by atomic mass is 9.42. The topological polar surface area (TPSA) is 46.7 Å². The molecule has 0 aromatic rings. The van der Waals surface area contributed by atoms with Crippen LogP contribution in [0.4, 0.5) is 4.39 Å². The summed E-state index contributed by atoms with van der Waals surface area (Å²) in [7, 11) is 0. The number of carbonyl (C=O) groups is 2. The van der Waals surface area contributed by atoms with E-state index in [4.69, 9.17) is 4.74 Å². The molecule has 4 heteroatoms. The molecule has 0 amide bonds. The molecule has 4 saturated carbocycles. The van der Waals surface area contributed by atoms with Crippen molar-refractivity contribution in [2.75, 3.05) is 0 Å². The summed E-state index contributed by atoms with van der Waals surface area (Å²) in [4.78, 5) is 24.8. The summed E-state index contributed by atoms with van der Waals surface area (Å²) in [6, 6.07) is 0. The number of hydrogen-bond acceptors (Lipinski definition) is 3. The van der Waals surface area contributed by atoms with Gasteiger partial charge < -0.3 is 4.74 Å². The van der Waals surface area contributed by atoms with E-state index in [1.807, 2.05) is 6.92 Å². The molecule has 1 heterocycles. The molecule has 9 atom stereocenters. The minimum absolute atomic E-state index is 0.0875. The van der Waals surface area contributed by atoms with Gasteiger partial charge >= 0.3 is 0 Å². The van der Waals surface area contributed by atoms with Crippen molar-refractivity contribution < 1.29 is 18.7 Å². The normalized spacial score (nSPS) is 59.8. The third-order valence-electron chi connectivity index (χ3n) is 9.10. The first-order valence-electron chi connectivity index (χ1n) is 9.76. The van der Waals surface area contributed by atoms with Crippen molar-refractivity contribution in [1.82, 2.24) is 0 Å². The third kappa shape index (κ3) is 1.54. The average Bonchev–Trinajstić information content (AvgIpc) is 3.30. The van der Waals surface area contributed by atoms with Crippen LogP contribution >= 0.6 is 0 Å². The van der Waals surface area contributed by atoms with Gasteiger partial charge in [-0.25, -0.2) is 4.39 Å². The number of ether oxygens (including phenoxy) is 1. The van der Waals surface area contributed by atoms with Gasteiger partial charge in [0.2, 0.25) is 0 Å².